The summed E-state index contributed by atoms with van der Waals surface area (Å²) in [6.07, 6.45) is 0. The van der Waals surface area contributed by atoms with E-state index >= 15 is 0 Å². The Balaban J connectivity index is 1.32. The molecule has 0 amide bonds. The van der Waals surface area contributed by atoms with Crippen LogP contribution in [0.25, 0.3) is 64.4 Å². The second kappa shape index (κ2) is 8.80. The lowest BCUT2D eigenvalue weighted by atomic mass is 9.78. The van der Waals surface area contributed by atoms with E-state index in [1.165, 1.54) is 31.3 Å². The van der Waals surface area contributed by atoms with Gasteiger partial charge in [0.25, 0.3) is 0 Å². The summed E-state index contributed by atoms with van der Waals surface area (Å²) >= 11 is 1.85. The van der Waals surface area contributed by atoms with Crippen LogP contribution in [0.2, 0.25) is 0 Å². The van der Waals surface area contributed by atoms with Crippen molar-refractivity contribution in [2.45, 2.75) is 38.9 Å². The second-order valence-electron chi connectivity index (χ2n) is 12.0. The van der Waals surface area contributed by atoms with Crippen molar-refractivity contribution in [1.29, 1.82) is 0 Å². The lowest BCUT2D eigenvalue weighted by molar-refractivity contribution is 0.00578. The van der Waals surface area contributed by atoms with E-state index < -0.39 is 7.12 Å². The van der Waals surface area contributed by atoms with Crippen LogP contribution in [0.5, 0.6) is 0 Å². The summed E-state index contributed by atoms with van der Waals surface area (Å²) < 4.78 is 21.8. The Labute approximate surface area is 243 Å². The summed E-state index contributed by atoms with van der Waals surface area (Å²) in [5.41, 5.74) is 6.57. The van der Waals surface area contributed by atoms with E-state index in [9.17, 15) is 0 Å². The van der Waals surface area contributed by atoms with Crippen LogP contribution in [0, 0.1) is 0 Å². The summed E-state index contributed by atoms with van der Waals surface area (Å²) in [6.45, 7) is 8.36. The first-order chi connectivity index (χ1) is 19.8. The van der Waals surface area contributed by atoms with Gasteiger partial charge >= 0.3 is 7.12 Å². The third kappa shape index (κ3) is 3.87. The van der Waals surface area contributed by atoms with Crippen molar-refractivity contribution in [3.05, 3.63) is 103 Å². The molecule has 1 aliphatic heterocycles. The number of para-hydroxylation sites is 1. The first kappa shape index (κ1) is 24.9. The lowest BCUT2D eigenvalue weighted by Gasteiger charge is -2.32. The van der Waals surface area contributed by atoms with Crippen molar-refractivity contribution < 1.29 is 13.7 Å². The summed E-state index contributed by atoms with van der Waals surface area (Å²) in [7, 11) is -0.412. The predicted molar refractivity (Wildman–Crippen MR) is 173 cm³/mol. The van der Waals surface area contributed by atoms with Crippen LogP contribution in [0.4, 0.5) is 0 Å². The van der Waals surface area contributed by atoms with E-state index in [0.717, 1.165) is 38.5 Å². The molecule has 3 nitrogen and oxygen atoms in total. The van der Waals surface area contributed by atoms with Crippen LogP contribution in [-0.2, 0) is 9.31 Å². The first-order valence-corrected chi connectivity index (χ1v) is 14.9. The van der Waals surface area contributed by atoms with Crippen molar-refractivity contribution in [3.8, 4) is 22.3 Å². The molecule has 1 fully saturated rings. The van der Waals surface area contributed by atoms with Gasteiger partial charge in [0.05, 0.1) is 11.2 Å². The molecule has 5 aromatic carbocycles. The van der Waals surface area contributed by atoms with E-state index in [4.69, 9.17) is 13.7 Å². The molecule has 1 aliphatic rings. The van der Waals surface area contributed by atoms with Crippen LogP contribution < -0.4 is 5.46 Å². The SMILES string of the molecule is CC1(C)OB(c2cccc(-c3cc(-c4ccc5c(c4)sc4ccccc45)c4c(c3)oc3ccccc34)c2)OC1(C)C. The zero-order valence-electron chi connectivity index (χ0n) is 23.5. The first-order valence-electron chi connectivity index (χ1n) is 14.1. The molecule has 2 aromatic heterocycles. The maximum absolute atomic E-state index is 6.45. The van der Waals surface area contributed by atoms with Crippen LogP contribution in [-0.4, -0.2) is 18.3 Å². The van der Waals surface area contributed by atoms with Gasteiger partial charge < -0.3 is 13.7 Å². The zero-order chi connectivity index (χ0) is 27.9. The standard InChI is InChI=1S/C36H29BO3S/c1-35(2)36(3,4)40-37(39-35)25-11-9-10-22(18-25)24-19-29(34-28-13-5-7-14-30(28)38-31(34)20-24)23-16-17-27-26-12-6-8-15-32(26)41-33(27)21-23/h5-21H,1-4H3. The Kier molecular flexibility index (Phi) is 5.34. The molecular weight excluding hydrogens is 523 g/mol. The van der Waals surface area contributed by atoms with Gasteiger partial charge in [0.15, 0.2) is 0 Å². The van der Waals surface area contributed by atoms with Crippen LogP contribution in [0.15, 0.2) is 108 Å². The highest BCUT2D eigenvalue weighted by Crippen LogP contribution is 2.43. The molecule has 0 unspecified atom stereocenters. The Morgan fingerprint density at radius 2 is 1.29 bits per heavy atom. The quantitative estimate of drug-likeness (QED) is 0.205. The van der Waals surface area contributed by atoms with Gasteiger partial charge in [-0.2, -0.15) is 0 Å². The molecule has 0 radical (unpaired) electrons. The Morgan fingerprint density at radius 3 is 2.12 bits per heavy atom. The number of benzene rings is 5. The molecule has 0 spiro atoms. The van der Waals surface area contributed by atoms with Gasteiger partial charge in [-0.1, -0.05) is 72.8 Å². The molecule has 8 rings (SSSR count). The van der Waals surface area contributed by atoms with Gasteiger partial charge in [-0.15, -0.1) is 11.3 Å². The van der Waals surface area contributed by atoms with Crippen molar-refractivity contribution in [3.63, 3.8) is 0 Å². The van der Waals surface area contributed by atoms with Crippen LogP contribution in [0.3, 0.4) is 0 Å². The molecule has 5 heteroatoms. The monoisotopic (exact) mass is 552 g/mol. The molecular formula is C36H29BO3S. The number of furan rings is 1. The number of rotatable bonds is 3. The van der Waals surface area contributed by atoms with Gasteiger partial charge in [0.2, 0.25) is 0 Å². The molecule has 200 valence electrons. The van der Waals surface area contributed by atoms with Gasteiger partial charge in [-0.3, -0.25) is 0 Å². The molecule has 1 saturated heterocycles. The average Bonchev–Trinajstić information content (AvgIpc) is 3.60. The minimum Gasteiger partial charge on any atom is -0.456 e. The van der Waals surface area contributed by atoms with E-state index in [1.54, 1.807) is 0 Å². The fraction of sp³-hybridized carbons (Fsp3) is 0.167. The van der Waals surface area contributed by atoms with Gasteiger partial charge in [-0.05, 0) is 85.7 Å². The van der Waals surface area contributed by atoms with Crippen molar-refractivity contribution in [1.82, 2.24) is 0 Å². The number of thiophene rings is 1. The third-order valence-electron chi connectivity index (χ3n) is 8.91. The van der Waals surface area contributed by atoms with Crippen molar-refractivity contribution in [2.75, 3.05) is 0 Å². The largest absolute Gasteiger partial charge is 0.494 e. The summed E-state index contributed by atoms with van der Waals surface area (Å²) in [5, 5.41) is 4.89. The van der Waals surface area contributed by atoms with Gasteiger partial charge in [0.1, 0.15) is 11.2 Å². The smallest absolute Gasteiger partial charge is 0.456 e. The van der Waals surface area contributed by atoms with E-state index in [2.05, 4.69) is 119 Å². The number of hydrogen-bond acceptors (Lipinski definition) is 4. The summed E-state index contributed by atoms with van der Waals surface area (Å²) in [6, 6.07) is 36.8. The highest BCUT2D eigenvalue weighted by atomic mass is 32.1. The van der Waals surface area contributed by atoms with E-state index in [1.807, 2.05) is 23.5 Å². The zero-order valence-corrected chi connectivity index (χ0v) is 24.3. The highest BCUT2D eigenvalue weighted by molar-refractivity contribution is 7.25. The van der Waals surface area contributed by atoms with Gasteiger partial charge in [0, 0.05) is 30.9 Å². The average molecular weight is 553 g/mol. The fourth-order valence-corrected chi connectivity index (χ4v) is 7.13. The van der Waals surface area contributed by atoms with E-state index in [-0.39, 0.29) is 11.2 Å². The normalized spacial score (nSPS) is 16.4. The van der Waals surface area contributed by atoms with Crippen molar-refractivity contribution in [2.24, 2.45) is 0 Å². The van der Waals surface area contributed by atoms with Crippen LogP contribution >= 0.6 is 11.3 Å². The maximum Gasteiger partial charge on any atom is 0.494 e. The molecule has 0 atom stereocenters. The minimum absolute atomic E-state index is 0.390. The van der Waals surface area contributed by atoms with Crippen LogP contribution in [0.1, 0.15) is 27.7 Å². The molecule has 0 saturated carbocycles. The Morgan fingerprint density at radius 1 is 0.561 bits per heavy atom. The molecule has 0 aliphatic carbocycles. The summed E-state index contributed by atoms with van der Waals surface area (Å²) in [5.74, 6) is 0. The van der Waals surface area contributed by atoms with Crippen molar-refractivity contribution >= 4 is 66.0 Å². The van der Waals surface area contributed by atoms with E-state index in [0.29, 0.717) is 0 Å². The minimum atomic E-state index is -0.412. The molecule has 7 aromatic rings. The molecule has 41 heavy (non-hydrogen) atoms. The predicted octanol–water partition coefficient (Wildman–Crippen LogP) is 9.59. The maximum atomic E-state index is 6.45. The topological polar surface area (TPSA) is 31.6 Å². The van der Waals surface area contributed by atoms with Gasteiger partial charge in [-0.25, -0.2) is 0 Å². The number of hydrogen-bond donors (Lipinski definition) is 0. The molecule has 0 N–H and O–H groups in total. The second-order valence-corrected chi connectivity index (χ2v) is 13.1. The Hall–Kier alpha value is -3.90. The highest BCUT2D eigenvalue weighted by Gasteiger charge is 2.51. The fourth-order valence-electron chi connectivity index (χ4n) is 5.99. The lowest BCUT2D eigenvalue weighted by Crippen LogP contribution is -2.41. The molecule has 0 bridgehead atoms. The third-order valence-corrected chi connectivity index (χ3v) is 10.0. The summed E-state index contributed by atoms with van der Waals surface area (Å²) in [4.78, 5) is 0. The molecule has 3 heterocycles. The number of fused-ring (bicyclic) bond motifs is 6. The Bertz CT molecular complexity index is 2120.